The van der Waals surface area contributed by atoms with Gasteiger partial charge in [0.1, 0.15) is 17.4 Å². The first kappa shape index (κ1) is 16.4. The molecule has 1 N–H and O–H groups in total. The molecule has 0 radical (unpaired) electrons. The third-order valence-corrected chi connectivity index (χ3v) is 4.82. The second kappa shape index (κ2) is 7.06. The number of methoxy groups -OCH3 is 1. The van der Waals surface area contributed by atoms with Crippen molar-refractivity contribution in [2.75, 3.05) is 24.1 Å². The minimum Gasteiger partial charge on any atom is -0.497 e. The Morgan fingerprint density at radius 1 is 0.885 bits per heavy atom. The van der Waals surface area contributed by atoms with Crippen molar-refractivity contribution in [2.45, 2.75) is 0 Å². The molecular weight excluding hydrogens is 342 g/mol. The van der Waals surface area contributed by atoms with E-state index in [-0.39, 0.29) is 0 Å². The molecule has 0 amide bonds. The standard InChI is InChI=1S/C21H19N3OS/c1-25-18-13-11-17(12-14-18)23-15-24(22-16-7-3-2-4-8-16)21(26)19-9-5-6-10-20(19)23/h2-14,22H,15H2,1H3. The maximum atomic E-state index is 5.74. The Morgan fingerprint density at radius 3 is 2.31 bits per heavy atom. The highest BCUT2D eigenvalue weighted by Crippen LogP contribution is 2.34. The maximum Gasteiger partial charge on any atom is 0.131 e. The van der Waals surface area contributed by atoms with E-state index in [0.717, 1.165) is 33.4 Å². The molecule has 5 heteroatoms. The SMILES string of the molecule is COc1ccc(N2CN(Nc3ccccc3)C(=S)c3ccccc32)cc1. The number of nitrogens with zero attached hydrogens (tertiary/aromatic N) is 2. The van der Waals surface area contributed by atoms with Crippen LogP contribution in [0.1, 0.15) is 5.56 Å². The van der Waals surface area contributed by atoms with E-state index in [2.05, 4.69) is 34.6 Å². The minimum absolute atomic E-state index is 0.608. The lowest BCUT2D eigenvalue weighted by Crippen LogP contribution is -2.47. The van der Waals surface area contributed by atoms with Gasteiger partial charge >= 0.3 is 0 Å². The Bertz CT molecular complexity index is 912. The van der Waals surface area contributed by atoms with Gasteiger partial charge in [0.2, 0.25) is 0 Å². The molecule has 4 rings (SSSR count). The maximum absolute atomic E-state index is 5.74. The van der Waals surface area contributed by atoms with Crippen molar-refractivity contribution >= 4 is 34.3 Å². The summed E-state index contributed by atoms with van der Waals surface area (Å²) in [5.74, 6) is 0.842. The number of fused-ring (bicyclic) bond motifs is 1. The van der Waals surface area contributed by atoms with Gasteiger partial charge in [0.25, 0.3) is 0 Å². The molecule has 130 valence electrons. The van der Waals surface area contributed by atoms with Crippen molar-refractivity contribution in [1.29, 1.82) is 0 Å². The largest absolute Gasteiger partial charge is 0.497 e. The number of anilines is 3. The number of hydrogen-bond acceptors (Lipinski definition) is 4. The quantitative estimate of drug-likeness (QED) is 0.673. The second-order valence-electron chi connectivity index (χ2n) is 6.00. The molecule has 0 unspecified atom stereocenters. The van der Waals surface area contributed by atoms with Gasteiger partial charge in [-0.25, -0.2) is 0 Å². The monoisotopic (exact) mass is 361 g/mol. The highest BCUT2D eigenvalue weighted by atomic mass is 32.1. The number of hydrazine groups is 1. The summed E-state index contributed by atoms with van der Waals surface area (Å²) in [7, 11) is 1.68. The Morgan fingerprint density at radius 2 is 1.58 bits per heavy atom. The van der Waals surface area contributed by atoms with Gasteiger partial charge in [-0.05, 0) is 48.5 Å². The number of benzene rings is 3. The van der Waals surface area contributed by atoms with Gasteiger partial charge in [-0.3, -0.25) is 10.4 Å². The molecule has 0 saturated heterocycles. The highest BCUT2D eigenvalue weighted by Gasteiger charge is 2.27. The zero-order chi connectivity index (χ0) is 17.9. The Balaban J connectivity index is 1.70. The molecular formula is C21H19N3OS. The van der Waals surface area contributed by atoms with Crippen LogP contribution >= 0.6 is 12.2 Å². The van der Waals surface area contributed by atoms with E-state index in [1.54, 1.807) is 7.11 Å². The van der Waals surface area contributed by atoms with Crippen LogP contribution in [0.4, 0.5) is 17.1 Å². The predicted molar refractivity (Wildman–Crippen MR) is 110 cm³/mol. The van der Waals surface area contributed by atoms with Crippen molar-refractivity contribution in [1.82, 2.24) is 5.01 Å². The van der Waals surface area contributed by atoms with Crippen molar-refractivity contribution < 1.29 is 4.74 Å². The summed E-state index contributed by atoms with van der Waals surface area (Å²) in [6.07, 6.45) is 0. The number of hydrogen-bond donors (Lipinski definition) is 1. The Kier molecular flexibility index (Phi) is 4.46. The van der Waals surface area contributed by atoms with Crippen molar-refractivity contribution in [3.05, 3.63) is 84.4 Å². The first-order valence-corrected chi connectivity index (χ1v) is 8.81. The lowest BCUT2D eigenvalue weighted by molar-refractivity contribution is 0.414. The van der Waals surface area contributed by atoms with Crippen LogP contribution < -0.4 is 15.1 Å². The fraction of sp³-hybridized carbons (Fsp3) is 0.0952. The first-order chi connectivity index (χ1) is 12.8. The molecule has 3 aromatic carbocycles. The minimum atomic E-state index is 0.608. The third-order valence-electron chi connectivity index (χ3n) is 4.38. The molecule has 0 saturated carbocycles. The van der Waals surface area contributed by atoms with Crippen LogP contribution in [0.15, 0.2) is 78.9 Å². The molecule has 1 heterocycles. The van der Waals surface area contributed by atoms with E-state index in [1.807, 2.05) is 59.6 Å². The molecule has 0 fully saturated rings. The van der Waals surface area contributed by atoms with Gasteiger partial charge in [-0.1, -0.05) is 42.5 Å². The van der Waals surface area contributed by atoms with E-state index in [0.29, 0.717) is 6.67 Å². The summed E-state index contributed by atoms with van der Waals surface area (Å²) in [4.78, 5) is 3.02. The van der Waals surface area contributed by atoms with Crippen LogP contribution in [0.2, 0.25) is 0 Å². The zero-order valence-electron chi connectivity index (χ0n) is 14.4. The number of ether oxygens (including phenoxy) is 1. The number of para-hydroxylation sites is 2. The molecule has 0 atom stereocenters. The molecule has 4 nitrogen and oxygen atoms in total. The van der Waals surface area contributed by atoms with Crippen LogP contribution in [0.5, 0.6) is 5.75 Å². The number of thiocarbonyl (C=S) groups is 1. The highest BCUT2D eigenvalue weighted by molar-refractivity contribution is 7.80. The summed E-state index contributed by atoms with van der Waals surface area (Å²) in [5.41, 5.74) is 7.65. The van der Waals surface area contributed by atoms with Gasteiger partial charge in [-0.15, -0.1) is 0 Å². The van der Waals surface area contributed by atoms with Gasteiger partial charge in [-0.2, -0.15) is 0 Å². The van der Waals surface area contributed by atoms with Crippen LogP contribution in [-0.4, -0.2) is 23.8 Å². The third kappa shape index (κ3) is 3.09. The molecule has 26 heavy (non-hydrogen) atoms. The van der Waals surface area contributed by atoms with Gasteiger partial charge in [0, 0.05) is 11.3 Å². The fourth-order valence-corrected chi connectivity index (χ4v) is 3.33. The summed E-state index contributed by atoms with van der Waals surface area (Å²) in [6, 6.07) is 26.4. The van der Waals surface area contributed by atoms with Crippen LogP contribution in [0.25, 0.3) is 0 Å². The first-order valence-electron chi connectivity index (χ1n) is 8.40. The smallest absolute Gasteiger partial charge is 0.131 e. The number of nitrogens with one attached hydrogen (secondary N) is 1. The fourth-order valence-electron chi connectivity index (χ4n) is 3.05. The van der Waals surface area contributed by atoms with Crippen molar-refractivity contribution in [3.8, 4) is 5.75 Å². The lowest BCUT2D eigenvalue weighted by Gasteiger charge is -2.40. The summed E-state index contributed by atoms with van der Waals surface area (Å²) < 4.78 is 5.28. The van der Waals surface area contributed by atoms with E-state index in [4.69, 9.17) is 17.0 Å². The molecule has 3 aromatic rings. The molecule has 1 aliphatic rings. The lowest BCUT2D eigenvalue weighted by atomic mass is 10.1. The molecule has 0 spiro atoms. The molecule has 0 aliphatic carbocycles. The normalized spacial score (nSPS) is 13.3. The van der Waals surface area contributed by atoms with E-state index >= 15 is 0 Å². The van der Waals surface area contributed by atoms with E-state index < -0.39 is 0 Å². The van der Waals surface area contributed by atoms with E-state index in [1.165, 1.54) is 0 Å². The summed E-state index contributed by atoms with van der Waals surface area (Å²) in [5, 5.41) is 2.00. The average molecular weight is 361 g/mol. The second-order valence-corrected chi connectivity index (χ2v) is 6.38. The summed E-state index contributed by atoms with van der Waals surface area (Å²) in [6.45, 7) is 0.608. The Hall–Kier alpha value is -3.05. The Labute approximate surface area is 158 Å². The van der Waals surface area contributed by atoms with Gasteiger partial charge < -0.3 is 9.64 Å². The van der Waals surface area contributed by atoms with Gasteiger partial charge in [0.15, 0.2) is 0 Å². The molecule has 0 bridgehead atoms. The van der Waals surface area contributed by atoms with Crippen molar-refractivity contribution in [3.63, 3.8) is 0 Å². The van der Waals surface area contributed by atoms with Gasteiger partial charge in [0.05, 0.1) is 18.5 Å². The molecule has 1 aliphatic heterocycles. The topological polar surface area (TPSA) is 27.7 Å². The van der Waals surface area contributed by atoms with Crippen LogP contribution in [0.3, 0.4) is 0 Å². The van der Waals surface area contributed by atoms with E-state index in [9.17, 15) is 0 Å². The average Bonchev–Trinajstić information content (AvgIpc) is 2.71. The predicted octanol–water partition coefficient (Wildman–Crippen LogP) is 4.81. The molecule has 0 aromatic heterocycles. The zero-order valence-corrected chi connectivity index (χ0v) is 15.2. The summed E-state index contributed by atoms with van der Waals surface area (Å²) >= 11 is 5.74. The van der Waals surface area contributed by atoms with Crippen LogP contribution in [-0.2, 0) is 0 Å². The van der Waals surface area contributed by atoms with Crippen LogP contribution in [0, 0.1) is 0 Å². The number of rotatable bonds is 4. The van der Waals surface area contributed by atoms with Crippen molar-refractivity contribution in [2.24, 2.45) is 0 Å².